The van der Waals surface area contributed by atoms with Gasteiger partial charge >= 0.3 is 0 Å². The van der Waals surface area contributed by atoms with Gasteiger partial charge in [-0.15, -0.1) is 0 Å². The van der Waals surface area contributed by atoms with E-state index in [1.165, 1.54) is 4.31 Å². The van der Waals surface area contributed by atoms with Crippen molar-refractivity contribution < 1.29 is 8.42 Å². The minimum absolute atomic E-state index is 0.342. The molecule has 1 aromatic rings. The van der Waals surface area contributed by atoms with Crippen LogP contribution in [0.3, 0.4) is 0 Å². The first kappa shape index (κ1) is 16.4. The fourth-order valence-electron chi connectivity index (χ4n) is 2.23. The Bertz CT molecular complexity index is 570. The van der Waals surface area contributed by atoms with Crippen molar-refractivity contribution in [1.29, 1.82) is 0 Å². The number of sulfonamides is 1. The van der Waals surface area contributed by atoms with E-state index < -0.39 is 15.3 Å². The van der Waals surface area contributed by atoms with E-state index in [1.54, 1.807) is 6.92 Å². The Hall–Kier alpha value is -0.980. The van der Waals surface area contributed by atoms with E-state index in [1.807, 2.05) is 32.0 Å². The fourth-order valence-corrected chi connectivity index (χ4v) is 3.72. The van der Waals surface area contributed by atoms with Crippen molar-refractivity contribution in [2.45, 2.75) is 51.4 Å². The van der Waals surface area contributed by atoms with Crippen molar-refractivity contribution in [2.75, 3.05) is 13.1 Å². The van der Waals surface area contributed by atoms with Gasteiger partial charge in [-0.1, -0.05) is 13.0 Å². The smallest absolute Gasteiger partial charge is 0.218 e. The van der Waals surface area contributed by atoms with E-state index in [2.05, 4.69) is 10.3 Å². The van der Waals surface area contributed by atoms with Gasteiger partial charge in [0.15, 0.2) is 0 Å². The molecule has 0 bridgehead atoms. The zero-order chi connectivity index (χ0) is 15.5. The van der Waals surface area contributed by atoms with Crippen LogP contribution in [-0.2, 0) is 16.6 Å². The van der Waals surface area contributed by atoms with Gasteiger partial charge in [0.05, 0.1) is 17.5 Å². The van der Waals surface area contributed by atoms with Crippen molar-refractivity contribution in [1.82, 2.24) is 14.6 Å². The molecule has 0 saturated heterocycles. The summed E-state index contributed by atoms with van der Waals surface area (Å²) < 4.78 is 26.8. The Morgan fingerprint density at radius 3 is 2.71 bits per heavy atom. The topological polar surface area (TPSA) is 62.3 Å². The normalized spacial score (nSPS) is 17.1. The van der Waals surface area contributed by atoms with Gasteiger partial charge in [-0.3, -0.25) is 4.98 Å². The molecule has 0 amide bonds. The van der Waals surface area contributed by atoms with Crippen molar-refractivity contribution in [3.05, 3.63) is 29.6 Å². The second kappa shape index (κ2) is 6.85. The minimum Gasteiger partial charge on any atom is -0.313 e. The molecule has 1 atom stereocenters. The van der Waals surface area contributed by atoms with Crippen LogP contribution in [0.2, 0.25) is 0 Å². The van der Waals surface area contributed by atoms with Crippen LogP contribution in [0.1, 0.15) is 38.1 Å². The van der Waals surface area contributed by atoms with E-state index in [0.717, 1.165) is 24.2 Å². The summed E-state index contributed by atoms with van der Waals surface area (Å²) in [6.07, 6.45) is 2.33. The lowest BCUT2D eigenvalue weighted by Crippen LogP contribution is -2.42. The van der Waals surface area contributed by atoms with Gasteiger partial charge in [0.25, 0.3) is 0 Å². The molecule has 1 heterocycles. The summed E-state index contributed by atoms with van der Waals surface area (Å²) in [6.45, 7) is 6.88. The average molecular weight is 311 g/mol. The first-order valence-electron chi connectivity index (χ1n) is 7.58. The minimum atomic E-state index is -3.30. The lowest BCUT2D eigenvalue weighted by Gasteiger charge is -2.24. The molecule has 1 aliphatic carbocycles. The molecule has 0 aliphatic heterocycles. The van der Waals surface area contributed by atoms with Crippen LogP contribution >= 0.6 is 0 Å². The molecule has 6 heteroatoms. The van der Waals surface area contributed by atoms with Gasteiger partial charge in [0, 0.05) is 24.8 Å². The third-order valence-electron chi connectivity index (χ3n) is 3.78. The lowest BCUT2D eigenvalue weighted by atomic mass is 10.3. The zero-order valence-corrected chi connectivity index (χ0v) is 13.9. The van der Waals surface area contributed by atoms with Crippen LogP contribution in [0.25, 0.3) is 0 Å². The Kier molecular flexibility index (Phi) is 5.35. The Labute approximate surface area is 127 Å². The number of aryl methyl sites for hydroxylation is 1. The summed E-state index contributed by atoms with van der Waals surface area (Å²) >= 11 is 0. The van der Waals surface area contributed by atoms with Crippen LogP contribution in [0, 0.1) is 6.92 Å². The SMILES string of the molecule is CCN(Cc1cccc(C)n1)S(=O)(=O)C(C)CNC1CC1. The molecule has 2 rings (SSSR count). The van der Waals surface area contributed by atoms with Crippen LogP contribution < -0.4 is 5.32 Å². The molecule has 1 unspecified atom stereocenters. The fraction of sp³-hybridized carbons (Fsp3) is 0.667. The predicted octanol–water partition coefficient (Wildman–Crippen LogP) is 1.68. The molecule has 1 aliphatic rings. The quantitative estimate of drug-likeness (QED) is 0.793. The van der Waals surface area contributed by atoms with Crippen LogP contribution in [0.15, 0.2) is 18.2 Å². The summed E-state index contributed by atoms with van der Waals surface area (Å²) in [7, 11) is -3.30. The highest BCUT2D eigenvalue weighted by Crippen LogP contribution is 2.19. The lowest BCUT2D eigenvalue weighted by molar-refractivity contribution is 0.409. The molecule has 1 aromatic heterocycles. The second-order valence-electron chi connectivity index (χ2n) is 5.73. The van der Waals surface area contributed by atoms with E-state index in [9.17, 15) is 8.42 Å². The van der Waals surface area contributed by atoms with Crippen molar-refractivity contribution >= 4 is 10.0 Å². The molecule has 21 heavy (non-hydrogen) atoms. The molecule has 118 valence electrons. The summed E-state index contributed by atoms with van der Waals surface area (Å²) in [6, 6.07) is 6.22. The number of pyridine rings is 1. The summed E-state index contributed by atoms with van der Waals surface area (Å²) in [5, 5.41) is 2.88. The number of hydrogen-bond donors (Lipinski definition) is 1. The third-order valence-corrected chi connectivity index (χ3v) is 6.07. The van der Waals surface area contributed by atoms with Crippen molar-refractivity contribution in [3.63, 3.8) is 0 Å². The largest absolute Gasteiger partial charge is 0.313 e. The highest BCUT2D eigenvalue weighted by atomic mass is 32.2. The van der Waals surface area contributed by atoms with Gasteiger partial charge in [0.2, 0.25) is 10.0 Å². The average Bonchev–Trinajstić information content (AvgIpc) is 3.26. The van der Waals surface area contributed by atoms with E-state index in [-0.39, 0.29) is 0 Å². The Balaban J connectivity index is 2.03. The zero-order valence-electron chi connectivity index (χ0n) is 13.0. The van der Waals surface area contributed by atoms with Gasteiger partial charge in [-0.25, -0.2) is 8.42 Å². The first-order valence-corrected chi connectivity index (χ1v) is 9.08. The number of nitrogens with zero attached hydrogens (tertiary/aromatic N) is 2. The third kappa shape index (κ3) is 4.49. The molecule has 0 spiro atoms. The molecule has 1 N–H and O–H groups in total. The summed E-state index contributed by atoms with van der Waals surface area (Å²) in [5.41, 5.74) is 1.70. The summed E-state index contributed by atoms with van der Waals surface area (Å²) in [4.78, 5) is 4.40. The monoisotopic (exact) mass is 311 g/mol. The van der Waals surface area contributed by atoms with Gasteiger partial charge < -0.3 is 5.32 Å². The van der Waals surface area contributed by atoms with E-state index >= 15 is 0 Å². The van der Waals surface area contributed by atoms with Crippen molar-refractivity contribution in [3.8, 4) is 0 Å². The molecule has 0 radical (unpaired) electrons. The molecule has 5 nitrogen and oxygen atoms in total. The number of rotatable bonds is 8. The van der Waals surface area contributed by atoms with Gasteiger partial charge in [0.1, 0.15) is 0 Å². The Morgan fingerprint density at radius 2 is 2.14 bits per heavy atom. The van der Waals surface area contributed by atoms with E-state index in [0.29, 0.717) is 25.7 Å². The number of hydrogen-bond acceptors (Lipinski definition) is 4. The molecule has 1 fully saturated rings. The van der Waals surface area contributed by atoms with Crippen LogP contribution in [-0.4, -0.2) is 42.1 Å². The predicted molar refractivity (Wildman–Crippen MR) is 84.5 cm³/mol. The maximum atomic E-state index is 12.6. The van der Waals surface area contributed by atoms with E-state index in [4.69, 9.17) is 0 Å². The Morgan fingerprint density at radius 1 is 1.43 bits per heavy atom. The molecule has 0 aromatic carbocycles. The van der Waals surface area contributed by atoms with Gasteiger partial charge in [-0.2, -0.15) is 4.31 Å². The molecule has 1 saturated carbocycles. The standard InChI is InChI=1S/C15H25N3O2S/c1-4-18(11-15-7-5-6-12(2)17-15)21(19,20)13(3)10-16-14-8-9-14/h5-7,13-14,16H,4,8-11H2,1-3H3. The maximum Gasteiger partial charge on any atom is 0.218 e. The van der Waals surface area contributed by atoms with Gasteiger partial charge in [-0.05, 0) is 38.8 Å². The number of aromatic nitrogens is 1. The highest BCUT2D eigenvalue weighted by molar-refractivity contribution is 7.89. The molecular weight excluding hydrogens is 286 g/mol. The van der Waals surface area contributed by atoms with Crippen molar-refractivity contribution in [2.24, 2.45) is 0 Å². The van der Waals surface area contributed by atoms with Crippen LogP contribution in [0.5, 0.6) is 0 Å². The summed E-state index contributed by atoms with van der Waals surface area (Å²) in [5.74, 6) is 0. The molecular formula is C15H25N3O2S. The van der Waals surface area contributed by atoms with Crippen LogP contribution in [0.4, 0.5) is 0 Å². The highest BCUT2D eigenvalue weighted by Gasteiger charge is 2.30. The first-order chi connectivity index (χ1) is 9.93. The maximum absolute atomic E-state index is 12.6. The second-order valence-corrected chi connectivity index (χ2v) is 8.09. The number of nitrogens with one attached hydrogen (secondary N) is 1.